The van der Waals surface area contributed by atoms with Gasteiger partial charge in [-0.05, 0) is 37.5 Å². The van der Waals surface area contributed by atoms with E-state index >= 15 is 0 Å². The van der Waals surface area contributed by atoms with Crippen LogP contribution >= 0.6 is 7.37 Å². The van der Waals surface area contributed by atoms with Crippen molar-refractivity contribution in [3.63, 3.8) is 0 Å². The van der Waals surface area contributed by atoms with Crippen molar-refractivity contribution in [2.45, 2.75) is 20.8 Å². The van der Waals surface area contributed by atoms with Gasteiger partial charge in [0.1, 0.15) is 7.37 Å². The second-order valence-electron chi connectivity index (χ2n) is 4.87. The standard InChI is InChI=1S/C16H17O3P.Li/c1-11-9-10-15(13(3)12(11)2)16(17)20(18,19)14-7-5-4-6-8-14;/h4-10H,1-3H3,(H,18,19);/q;+1/p-1. The molecule has 0 amide bonds. The summed E-state index contributed by atoms with van der Waals surface area (Å²) in [4.78, 5) is 24.7. The van der Waals surface area contributed by atoms with Crippen molar-refractivity contribution in [1.29, 1.82) is 0 Å². The van der Waals surface area contributed by atoms with Crippen molar-refractivity contribution >= 4 is 18.2 Å². The normalized spacial score (nSPS) is 13.1. The molecule has 5 heteroatoms. The zero-order valence-electron chi connectivity index (χ0n) is 12.7. The number of carbonyl (C=O) groups is 1. The maximum absolute atomic E-state index is 12.4. The van der Waals surface area contributed by atoms with Crippen LogP contribution in [0.25, 0.3) is 0 Å². The third-order valence-corrected chi connectivity index (χ3v) is 5.41. The molecule has 0 heterocycles. The number of benzene rings is 2. The zero-order valence-corrected chi connectivity index (χ0v) is 13.6. The SMILES string of the molecule is Cc1ccc(C(=O)P(=O)([O-])c2ccccc2)c(C)c1C.[Li+]. The van der Waals surface area contributed by atoms with Crippen LogP contribution < -0.4 is 29.1 Å². The number of aryl methyl sites for hydroxylation is 1. The second kappa shape index (κ2) is 6.77. The molecule has 0 saturated carbocycles. The average molecular weight is 294 g/mol. The predicted molar refractivity (Wildman–Crippen MR) is 78.7 cm³/mol. The van der Waals surface area contributed by atoms with E-state index in [1.807, 2.05) is 13.8 Å². The second-order valence-corrected chi connectivity index (χ2v) is 6.90. The number of hydrogen-bond acceptors (Lipinski definition) is 3. The molecule has 2 aromatic rings. The summed E-state index contributed by atoms with van der Waals surface area (Å²) in [6.45, 7) is 5.60. The number of carbonyl (C=O) groups excluding carboxylic acids is 1. The monoisotopic (exact) mass is 294 g/mol. The van der Waals surface area contributed by atoms with E-state index in [4.69, 9.17) is 0 Å². The molecule has 3 nitrogen and oxygen atoms in total. The van der Waals surface area contributed by atoms with Crippen LogP contribution in [0.15, 0.2) is 42.5 Å². The van der Waals surface area contributed by atoms with Gasteiger partial charge in [-0.1, -0.05) is 42.5 Å². The van der Waals surface area contributed by atoms with Crippen molar-refractivity contribution in [1.82, 2.24) is 0 Å². The van der Waals surface area contributed by atoms with Crippen molar-refractivity contribution < 1.29 is 33.1 Å². The van der Waals surface area contributed by atoms with E-state index in [-0.39, 0.29) is 29.7 Å². The van der Waals surface area contributed by atoms with Gasteiger partial charge in [0.2, 0.25) is 5.52 Å². The van der Waals surface area contributed by atoms with E-state index < -0.39 is 12.9 Å². The molecule has 0 radical (unpaired) electrons. The van der Waals surface area contributed by atoms with Crippen molar-refractivity contribution in [2.75, 3.05) is 0 Å². The van der Waals surface area contributed by atoms with Gasteiger partial charge < -0.3 is 9.46 Å². The Hall–Kier alpha value is -1.10. The van der Waals surface area contributed by atoms with Crippen LogP contribution in [0, 0.1) is 20.8 Å². The molecule has 2 rings (SSSR count). The largest absolute Gasteiger partial charge is 1.00 e. The van der Waals surface area contributed by atoms with Crippen LogP contribution in [0.5, 0.6) is 0 Å². The van der Waals surface area contributed by atoms with Crippen LogP contribution in [0.4, 0.5) is 0 Å². The fourth-order valence-electron chi connectivity index (χ4n) is 2.09. The van der Waals surface area contributed by atoms with E-state index in [2.05, 4.69) is 0 Å². The third kappa shape index (κ3) is 3.39. The molecule has 1 unspecified atom stereocenters. The van der Waals surface area contributed by atoms with Gasteiger partial charge in [0, 0.05) is 10.9 Å². The Bertz CT molecular complexity index is 711. The average Bonchev–Trinajstić information content (AvgIpc) is 2.45. The van der Waals surface area contributed by atoms with Gasteiger partial charge in [-0.2, -0.15) is 0 Å². The van der Waals surface area contributed by atoms with Crippen molar-refractivity contribution in [3.05, 3.63) is 64.7 Å². The fraction of sp³-hybridized carbons (Fsp3) is 0.188. The Morgan fingerprint density at radius 2 is 1.52 bits per heavy atom. The Labute approximate surface area is 137 Å². The van der Waals surface area contributed by atoms with Crippen LogP contribution in [0.1, 0.15) is 27.0 Å². The van der Waals surface area contributed by atoms with Gasteiger partial charge in [0.05, 0.1) is 0 Å². The van der Waals surface area contributed by atoms with Crippen LogP contribution in [0.2, 0.25) is 0 Å². The summed E-state index contributed by atoms with van der Waals surface area (Å²) in [5, 5.41) is 0.0580. The maximum Gasteiger partial charge on any atom is 1.00 e. The minimum atomic E-state index is -4.31. The maximum atomic E-state index is 12.4. The summed E-state index contributed by atoms with van der Waals surface area (Å²) >= 11 is 0. The van der Waals surface area contributed by atoms with Crippen LogP contribution in [-0.2, 0) is 4.57 Å². The van der Waals surface area contributed by atoms with E-state index in [0.29, 0.717) is 0 Å². The first kappa shape index (κ1) is 17.9. The summed E-state index contributed by atoms with van der Waals surface area (Å²) < 4.78 is 12.4. The van der Waals surface area contributed by atoms with E-state index in [1.54, 1.807) is 37.3 Å². The minimum absolute atomic E-state index is 0. The molecular weight excluding hydrogens is 278 g/mol. The molecule has 104 valence electrons. The fourth-order valence-corrected chi connectivity index (χ4v) is 3.45. The molecule has 2 aromatic carbocycles. The summed E-state index contributed by atoms with van der Waals surface area (Å²) in [5.74, 6) is 0. The summed E-state index contributed by atoms with van der Waals surface area (Å²) in [6, 6.07) is 11.2. The van der Waals surface area contributed by atoms with Gasteiger partial charge in [-0.3, -0.25) is 4.79 Å². The van der Waals surface area contributed by atoms with Crippen LogP contribution in [0.3, 0.4) is 0 Å². The Kier molecular flexibility index (Phi) is 5.79. The number of hydrogen-bond donors (Lipinski definition) is 0. The Morgan fingerprint density at radius 1 is 0.952 bits per heavy atom. The van der Waals surface area contributed by atoms with Crippen molar-refractivity contribution in [2.24, 2.45) is 0 Å². The molecule has 0 spiro atoms. The van der Waals surface area contributed by atoms with Crippen molar-refractivity contribution in [3.8, 4) is 0 Å². The summed E-state index contributed by atoms with van der Waals surface area (Å²) in [6.07, 6.45) is 0. The smallest absolute Gasteiger partial charge is 0.790 e. The van der Waals surface area contributed by atoms with Gasteiger partial charge >= 0.3 is 18.9 Å². The molecule has 0 fully saturated rings. The summed E-state index contributed by atoms with van der Waals surface area (Å²) in [7, 11) is -4.31. The zero-order chi connectivity index (χ0) is 14.9. The van der Waals surface area contributed by atoms with Crippen LogP contribution in [-0.4, -0.2) is 5.52 Å². The minimum Gasteiger partial charge on any atom is -0.790 e. The molecule has 0 bridgehead atoms. The van der Waals surface area contributed by atoms with Gasteiger partial charge in [-0.15, -0.1) is 0 Å². The topological polar surface area (TPSA) is 57.2 Å². The van der Waals surface area contributed by atoms with Gasteiger partial charge in [0.25, 0.3) is 0 Å². The number of rotatable bonds is 3. The third-order valence-electron chi connectivity index (χ3n) is 3.65. The first-order valence-corrected chi connectivity index (χ1v) is 7.96. The quantitative estimate of drug-likeness (QED) is 0.578. The summed E-state index contributed by atoms with van der Waals surface area (Å²) in [5.41, 5.74) is 2.16. The molecule has 0 aromatic heterocycles. The molecule has 0 N–H and O–H groups in total. The molecular formula is C16H16LiO3P. The van der Waals surface area contributed by atoms with E-state index in [0.717, 1.165) is 16.7 Å². The molecule has 1 atom stereocenters. The van der Waals surface area contributed by atoms with E-state index in [9.17, 15) is 14.3 Å². The Balaban J connectivity index is 0.00000220. The molecule has 0 saturated heterocycles. The molecule has 0 aliphatic carbocycles. The molecule has 21 heavy (non-hydrogen) atoms. The Morgan fingerprint density at radius 3 is 2.10 bits per heavy atom. The molecule has 0 aliphatic rings. The van der Waals surface area contributed by atoms with Gasteiger partial charge in [0.15, 0.2) is 0 Å². The van der Waals surface area contributed by atoms with Gasteiger partial charge in [-0.25, -0.2) is 0 Å². The predicted octanol–water partition coefficient (Wildman–Crippen LogP) is -0.280. The molecule has 0 aliphatic heterocycles. The first-order valence-electron chi connectivity index (χ1n) is 6.34. The first-order chi connectivity index (χ1) is 9.35. The van der Waals surface area contributed by atoms with E-state index in [1.165, 1.54) is 12.1 Å².